The Morgan fingerprint density at radius 1 is 1.33 bits per heavy atom. The van der Waals surface area contributed by atoms with E-state index in [2.05, 4.69) is 0 Å². The van der Waals surface area contributed by atoms with Crippen LogP contribution in [-0.4, -0.2) is 54.4 Å². The van der Waals surface area contributed by atoms with E-state index in [0.717, 1.165) is 0 Å². The van der Waals surface area contributed by atoms with Crippen molar-refractivity contribution >= 4 is 18.3 Å². The van der Waals surface area contributed by atoms with Crippen LogP contribution in [0, 0.1) is 5.41 Å². The molecule has 0 aromatic carbocycles. The lowest BCUT2D eigenvalue weighted by Gasteiger charge is -2.59. The molecule has 4 atom stereocenters. The minimum absolute atomic E-state index is 0. The van der Waals surface area contributed by atoms with Gasteiger partial charge in [-0.3, -0.25) is 4.79 Å². The summed E-state index contributed by atoms with van der Waals surface area (Å²) >= 11 is 0. The highest BCUT2D eigenvalue weighted by molar-refractivity contribution is 5.89. The maximum Gasteiger partial charge on any atom is 0.243 e. The molecule has 5 nitrogen and oxygen atoms in total. The molecule has 1 saturated carbocycles. The Labute approximate surface area is 133 Å². The molecular weight excluding hydrogens is 292 g/mol. The van der Waals surface area contributed by atoms with Crippen LogP contribution in [-0.2, 0) is 14.3 Å². The van der Waals surface area contributed by atoms with Crippen molar-refractivity contribution in [1.29, 1.82) is 0 Å². The van der Waals surface area contributed by atoms with Crippen molar-refractivity contribution in [1.82, 2.24) is 4.90 Å². The molecule has 0 aromatic heterocycles. The van der Waals surface area contributed by atoms with E-state index in [0.29, 0.717) is 26.1 Å². The quantitative estimate of drug-likeness (QED) is 0.857. The Hall–Kier alpha value is -0.360. The molecule has 0 radical (unpaired) electrons. The van der Waals surface area contributed by atoms with Crippen LogP contribution in [0.1, 0.15) is 41.0 Å². The fourth-order valence-corrected chi connectivity index (χ4v) is 3.42. The highest BCUT2D eigenvalue weighted by Crippen LogP contribution is 2.50. The molecule has 2 N–H and O–H groups in total. The van der Waals surface area contributed by atoms with E-state index in [1.807, 2.05) is 39.5 Å². The Morgan fingerprint density at radius 3 is 2.29 bits per heavy atom. The van der Waals surface area contributed by atoms with Crippen LogP contribution in [0.15, 0.2) is 0 Å². The molecule has 1 aliphatic heterocycles. The highest BCUT2D eigenvalue weighted by atomic mass is 35.5. The maximum absolute atomic E-state index is 12.8. The molecule has 6 heteroatoms. The van der Waals surface area contributed by atoms with E-state index < -0.39 is 5.54 Å². The number of carbonyl (C=O) groups is 1. The van der Waals surface area contributed by atoms with E-state index in [4.69, 9.17) is 15.2 Å². The zero-order chi connectivity index (χ0) is 15.1. The fraction of sp³-hybridized carbons (Fsp3) is 0.933. The summed E-state index contributed by atoms with van der Waals surface area (Å²) in [7, 11) is 0. The average molecular weight is 321 g/mol. The number of morpholine rings is 1. The molecule has 21 heavy (non-hydrogen) atoms. The average Bonchev–Trinajstić information content (AvgIpc) is 2.36. The van der Waals surface area contributed by atoms with Crippen LogP contribution in [0.4, 0.5) is 0 Å². The summed E-state index contributed by atoms with van der Waals surface area (Å²) in [4.78, 5) is 14.7. The minimum Gasteiger partial charge on any atom is -0.378 e. The molecule has 1 saturated heterocycles. The van der Waals surface area contributed by atoms with Crippen LogP contribution in [0.2, 0.25) is 0 Å². The van der Waals surface area contributed by atoms with Gasteiger partial charge in [-0.15, -0.1) is 12.4 Å². The molecule has 2 unspecified atom stereocenters. The van der Waals surface area contributed by atoms with E-state index in [-0.39, 0.29) is 42.0 Å². The SMILES string of the molecule is CCOC1CC(N)(C(=O)N2C[C@@H](C)O[C@@H](C)C2)C1(C)C.Cl. The molecule has 2 aliphatic rings. The second kappa shape index (κ2) is 6.41. The van der Waals surface area contributed by atoms with Crippen molar-refractivity contribution in [3.05, 3.63) is 0 Å². The summed E-state index contributed by atoms with van der Waals surface area (Å²) in [5.41, 5.74) is 5.31. The highest BCUT2D eigenvalue weighted by Gasteiger charge is 2.63. The zero-order valence-electron chi connectivity index (χ0n) is 13.7. The first kappa shape index (κ1) is 18.7. The Bertz CT molecular complexity index is 381. The van der Waals surface area contributed by atoms with Crippen molar-refractivity contribution in [2.24, 2.45) is 11.1 Å². The molecular formula is C15H29ClN2O3. The van der Waals surface area contributed by atoms with Gasteiger partial charge in [0.2, 0.25) is 5.91 Å². The van der Waals surface area contributed by atoms with Gasteiger partial charge in [0.25, 0.3) is 0 Å². The summed E-state index contributed by atoms with van der Waals surface area (Å²) in [5.74, 6) is 0.0421. The van der Waals surface area contributed by atoms with Crippen LogP contribution < -0.4 is 5.73 Å². The van der Waals surface area contributed by atoms with Crippen LogP contribution >= 0.6 is 12.4 Å². The maximum atomic E-state index is 12.8. The lowest BCUT2D eigenvalue weighted by molar-refractivity contribution is -0.186. The van der Waals surface area contributed by atoms with E-state index in [9.17, 15) is 4.79 Å². The summed E-state index contributed by atoms with van der Waals surface area (Å²) in [5, 5.41) is 0. The smallest absolute Gasteiger partial charge is 0.243 e. The Morgan fingerprint density at radius 2 is 1.86 bits per heavy atom. The Balaban J connectivity index is 0.00000220. The third-order valence-electron chi connectivity index (χ3n) is 4.92. The Kier molecular flexibility index (Phi) is 5.70. The van der Waals surface area contributed by atoms with E-state index >= 15 is 0 Å². The largest absolute Gasteiger partial charge is 0.378 e. The van der Waals surface area contributed by atoms with Crippen molar-refractivity contribution in [3.63, 3.8) is 0 Å². The van der Waals surface area contributed by atoms with Crippen LogP contribution in [0.5, 0.6) is 0 Å². The monoisotopic (exact) mass is 320 g/mol. The van der Waals surface area contributed by atoms with Gasteiger partial charge >= 0.3 is 0 Å². The summed E-state index contributed by atoms with van der Waals surface area (Å²) in [6.45, 7) is 11.9. The number of rotatable bonds is 3. The molecule has 0 aromatic rings. The minimum atomic E-state index is -0.816. The fourth-order valence-electron chi connectivity index (χ4n) is 3.42. The van der Waals surface area contributed by atoms with Crippen LogP contribution in [0.25, 0.3) is 0 Å². The lowest BCUT2D eigenvalue weighted by atomic mass is 9.54. The molecule has 2 fully saturated rings. The summed E-state index contributed by atoms with van der Waals surface area (Å²) in [6, 6.07) is 0. The second-order valence-electron chi connectivity index (χ2n) is 6.81. The molecule has 124 valence electrons. The number of nitrogens with zero attached hydrogens (tertiary/aromatic N) is 1. The molecule has 1 aliphatic carbocycles. The first-order valence-corrected chi connectivity index (χ1v) is 7.57. The number of carbonyl (C=O) groups excluding carboxylic acids is 1. The van der Waals surface area contributed by atoms with Gasteiger partial charge < -0.3 is 20.1 Å². The number of hydrogen-bond donors (Lipinski definition) is 1. The van der Waals surface area contributed by atoms with Gasteiger partial charge in [-0.05, 0) is 20.8 Å². The van der Waals surface area contributed by atoms with Crippen LogP contribution in [0.3, 0.4) is 0 Å². The molecule has 1 amide bonds. The van der Waals surface area contributed by atoms with Gasteiger partial charge in [-0.25, -0.2) is 0 Å². The summed E-state index contributed by atoms with van der Waals surface area (Å²) in [6.07, 6.45) is 0.805. The van der Waals surface area contributed by atoms with Gasteiger partial charge in [0.05, 0.1) is 18.3 Å². The standard InChI is InChI=1S/C15H28N2O3.ClH/c1-6-19-12-7-15(16,14(12,4)5)13(18)17-8-10(2)20-11(3)9-17;/h10-12H,6-9,16H2,1-5H3;1H/t10-,11+,12?,15?;. The molecule has 0 bridgehead atoms. The third kappa shape index (κ3) is 3.07. The second-order valence-corrected chi connectivity index (χ2v) is 6.81. The first-order chi connectivity index (χ1) is 9.22. The van der Waals surface area contributed by atoms with Gasteiger partial charge in [-0.1, -0.05) is 13.8 Å². The third-order valence-corrected chi connectivity index (χ3v) is 4.92. The molecule has 1 heterocycles. The number of amides is 1. The zero-order valence-corrected chi connectivity index (χ0v) is 14.5. The lowest BCUT2D eigenvalue weighted by Crippen LogP contribution is -2.76. The van der Waals surface area contributed by atoms with Gasteiger partial charge in [0, 0.05) is 31.5 Å². The van der Waals surface area contributed by atoms with Crippen molar-refractivity contribution in [2.45, 2.75) is 64.9 Å². The van der Waals surface area contributed by atoms with Gasteiger partial charge in [0.15, 0.2) is 0 Å². The van der Waals surface area contributed by atoms with Crippen molar-refractivity contribution < 1.29 is 14.3 Å². The van der Waals surface area contributed by atoms with Crippen molar-refractivity contribution in [2.75, 3.05) is 19.7 Å². The topological polar surface area (TPSA) is 64.8 Å². The number of halogens is 1. The predicted octanol–water partition coefficient (Wildman–Crippen LogP) is 1.58. The number of hydrogen-bond acceptors (Lipinski definition) is 4. The van der Waals surface area contributed by atoms with Gasteiger partial charge in [0.1, 0.15) is 5.54 Å². The molecule has 0 spiro atoms. The first-order valence-electron chi connectivity index (χ1n) is 7.57. The normalized spacial score (nSPS) is 38.4. The number of ether oxygens (including phenoxy) is 2. The van der Waals surface area contributed by atoms with E-state index in [1.165, 1.54) is 0 Å². The molecule has 2 rings (SSSR count). The van der Waals surface area contributed by atoms with Crippen molar-refractivity contribution in [3.8, 4) is 0 Å². The van der Waals surface area contributed by atoms with Gasteiger partial charge in [-0.2, -0.15) is 0 Å². The number of nitrogens with two attached hydrogens (primary N) is 1. The predicted molar refractivity (Wildman–Crippen MR) is 84.6 cm³/mol. The summed E-state index contributed by atoms with van der Waals surface area (Å²) < 4.78 is 11.4. The van der Waals surface area contributed by atoms with E-state index in [1.54, 1.807) is 0 Å².